The Kier molecular flexibility index (Phi) is 6.13. The lowest BCUT2D eigenvalue weighted by atomic mass is 10.1. The van der Waals surface area contributed by atoms with Gasteiger partial charge in [-0.1, -0.05) is 28.1 Å². The van der Waals surface area contributed by atoms with Crippen molar-refractivity contribution in [1.82, 2.24) is 20.4 Å². The molecule has 3 aromatic rings. The maximum Gasteiger partial charge on any atom is 0.269 e. The van der Waals surface area contributed by atoms with Gasteiger partial charge in [0.25, 0.3) is 5.91 Å². The van der Waals surface area contributed by atoms with E-state index in [1.54, 1.807) is 6.07 Å². The Morgan fingerprint density at radius 2 is 2.00 bits per heavy atom. The molecule has 1 fully saturated rings. The Morgan fingerprint density at radius 3 is 2.69 bits per heavy atom. The predicted molar refractivity (Wildman–Crippen MR) is 113 cm³/mol. The zero-order valence-corrected chi connectivity index (χ0v) is 17.7. The van der Waals surface area contributed by atoms with Crippen molar-refractivity contribution in [1.29, 1.82) is 0 Å². The minimum Gasteiger partial charge on any atom is -0.465 e. The molecule has 1 amide bonds. The van der Waals surface area contributed by atoms with Crippen molar-refractivity contribution in [2.45, 2.75) is 13.0 Å². The smallest absolute Gasteiger partial charge is 0.269 e. The summed E-state index contributed by atoms with van der Waals surface area (Å²) >= 11 is 3.42. The van der Waals surface area contributed by atoms with E-state index >= 15 is 0 Å². The van der Waals surface area contributed by atoms with E-state index in [0.29, 0.717) is 25.5 Å². The Balaban J connectivity index is 1.44. The summed E-state index contributed by atoms with van der Waals surface area (Å²) in [5, 5.41) is 10.1. The molecule has 1 saturated heterocycles. The van der Waals surface area contributed by atoms with Gasteiger partial charge in [-0.15, -0.1) is 0 Å². The van der Waals surface area contributed by atoms with Gasteiger partial charge in [-0.3, -0.25) is 14.8 Å². The molecule has 4 rings (SSSR count). The Bertz CT molecular complexity index is 960. The van der Waals surface area contributed by atoms with E-state index in [9.17, 15) is 4.79 Å². The number of benzene rings is 1. The fraction of sp³-hybridized carbons (Fsp3) is 0.333. The first-order valence-electron chi connectivity index (χ1n) is 9.58. The molecule has 1 aliphatic heterocycles. The van der Waals surface area contributed by atoms with Crippen LogP contribution in [0.2, 0.25) is 0 Å². The fourth-order valence-electron chi connectivity index (χ4n) is 3.42. The van der Waals surface area contributed by atoms with Crippen LogP contribution in [-0.2, 0) is 4.74 Å². The van der Waals surface area contributed by atoms with Crippen LogP contribution in [0.25, 0.3) is 11.3 Å². The summed E-state index contributed by atoms with van der Waals surface area (Å²) in [6, 6.07) is 13.5. The van der Waals surface area contributed by atoms with Crippen molar-refractivity contribution >= 4 is 21.8 Å². The van der Waals surface area contributed by atoms with E-state index in [1.165, 1.54) is 0 Å². The highest BCUT2D eigenvalue weighted by Gasteiger charge is 2.26. The van der Waals surface area contributed by atoms with Crippen molar-refractivity contribution in [2.24, 2.45) is 0 Å². The summed E-state index contributed by atoms with van der Waals surface area (Å²) in [6.45, 7) is 5.34. The number of H-pyrrole nitrogens is 1. The number of nitrogens with one attached hydrogen (secondary N) is 2. The number of hydrogen-bond acceptors (Lipinski definition) is 5. The van der Waals surface area contributed by atoms with Crippen molar-refractivity contribution in [3.63, 3.8) is 0 Å². The number of furan rings is 1. The van der Waals surface area contributed by atoms with E-state index in [0.717, 1.165) is 40.3 Å². The van der Waals surface area contributed by atoms with Crippen LogP contribution in [0, 0.1) is 6.92 Å². The molecule has 152 valence electrons. The number of nitrogens with zero attached hydrogens (tertiary/aromatic N) is 2. The van der Waals surface area contributed by atoms with Crippen LogP contribution < -0.4 is 5.32 Å². The van der Waals surface area contributed by atoms with Crippen LogP contribution in [0.1, 0.15) is 28.1 Å². The number of halogens is 1. The van der Waals surface area contributed by atoms with Gasteiger partial charge in [0.05, 0.1) is 24.9 Å². The van der Waals surface area contributed by atoms with Gasteiger partial charge in [0, 0.05) is 29.7 Å². The zero-order chi connectivity index (χ0) is 20.2. The molecule has 0 spiro atoms. The molecule has 2 N–H and O–H groups in total. The van der Waals surface area contributed by atoms with Crippen LogP contribution in [0.4, 0.5) is 0 Å². The number of aryl methyl sites for hydroxylation is 1. The van der Waals surface area contributed by atoms with Crippen molar-refractivity contribution in [2.75, 3.05) is 32.8 Å². The lowest BCUT2D eigenvalue weighted by Crippen LogP contribution is -2.43. The number of hydrogen-bond donors (Lipinski definition) is 2. The molecule has 1 unspecified atom stereocenters. The lowest BCUT2D eigenvalue weighted by molar-refractivity contribution is 0.0117. The van der Waals surface area contributed by atoms with E-state index in [4.69, 9.17) is 9.15 Å². The summed E-state index contributed by atoms with van der Waals surface area (Å²) in [5.41, 5.74) is 2.11. The quantitative estimate of drug-likeness (QED) is 0.589. The number of carbonyl (C=O) groups excluding carboxylic acids is 1. The number of carbonyl (C=O) groups is 1. The van der Waals surface area contributed by atoms with E-state index < -0.39 is 0 Å². The van der Waals surface area contributed by atoms with Gasteiger partial charge in [-0.25, -0.2) is 0 Å². The standard InChI is InChI=1S/C21H23BrN4O3/c1-14-2-7-20(29-14)19(26-8-10-28-11-9-26)13-23-21(27)18-12-17(24-25-18)15-3-5-16(22)6-4-15/h2-7,12,19H,8-11,13H2,1H3,(H,23,27)(H,24,25). The molecule has 1 aromatic carbocycles. The first kappa shape index (κ1) is 19.9. The summed E-state index contributed by atoms with van der Waals surface area (Å²) in [6.07, 6.45) is 0. The largest absolute Gasteiger partial charge is 0.465 e. The topological polar surface area (TPSA) is 83.4 Å². The maximum atomic E-state index is 12.7. The van der Waals surface area contributed by atoms with E-state index in [1.807, 2.05) is 43.3 Å². The van der Waals surface area contributed by atoms with Crippen LogP contribution >= 0.6 is 15.9 Å². The first-order chi connectivity index (χ1) is 14.1. The number of morpholine rings is 1. The van der Waals surface area contributed by atoms with Crippen molar-refractivity contribution in [3.05, 3.63) is 64.2 Å². The third kappa shape index (κ3) is 4.77. The molecule has 1 atom stereocenters. The maximum absolute atomic E-state index is 12.7. The van der Waals surface area contributed by atoms with E-state index in [-0.39, 0.29) is 11.9 Å². The van der Waals surface area contributed by atoms with Crippen molar-refractivity contribution in [3.8, 4) is 11.3 Å². The second-order valence-corrected chi connectivity index (χ2v) is 7.91. The van der Waals surface area contributed by atoms with Crippen molar-refractivity contribution < 1.29 is 13.9 Å². The minimum absolute atomic E-state index is 0.0367. The van der Waals surface area contributed by atoms with Crippen LogP contribution in [0.15, 0.2) is 51.4 Å². The van der Waals surface area contributed by atoms with Gasteiger partial charge >= 0.3 is 0 Å². The van der Waals surface area contributed by atoms with Crippen LogP contribution in [-0.4, -0.2) is 53.9 Å². The summed E-state index contributed by atoms with van der Waals surface area (Å²) < 4.78 is 12.3. The van der Waals surface area contributed by atoms with Gasteiger partial charge in [0.15, 0.2) is 0 Å². The van der Waals surface area contributed by atoms with Crippen LogP contribution in [0.5, 0.6) is 0 Å². The molecule has 0 aliphatic carbocycles. The molecule has 0 bridgehead atoms. The lowest BCUT2D eigenvalue weighted by Gasteiger charge is -2.33. The highest BCUT2D eigenvalue weighted by molar-refractivity contribution is 9.10. The van der Waals surface area contributed by atoms with Gasteiger partial charge in [-0.05, 0) is 37.3 Å². The summed E-state index contributed by atoms with van der Waals surface area (Å²) in [5.74, 6) is 1.52. The third-order valence-corrected chi connectivity index (χ3v) is 5.52. The SMILES string of the molecule is Cc1ccc(C(CNC(=O)c2cc(-c3ccc(Br)cc3)n[nH]2)N2CCOCC2)o1. The molecule has 0 radical (unpaired) electrons. The number of aromatic nitrogens is 2. The first-order valence-corrected chi connectivity index (χ1v) is 10.4. The summed E-state index contributed by atoms with van der Waals surface area (Å²) in [4.78, 5) is 15.0. The molecule has 7 nitrogen and oxygen atoms in total. The highest BCUT2D eigenvalue weighted by atomic mass is 79.9. The highest BCUT2D eigenvalue weighted by Crippen LogP contribution is 2.24. The van der Waals surface area contributed by atoms with Gasteiger partial charge in [0.1, 0.15) is 17.2 Å². The zero-order valence-electron chi connectivity index (χ0n) is 16.2. The Morgan fingerprint density at radius 1 is 1.24 bits per heavy atom. The second kappa shape index (κ2) is 8.94. The molecule has 0 saturated carbocycles. The predicted octanol–water partition coefficient (Wildman–Crippen LogP) is 3.54. The van der Waals surface area contributed by atoms with Gasteiger partial charge in [0.2, 0.25) is 0 Å². The second-order valence-electron chi connectivity index (χ2n) is 7.00. The van der Waals surface area contributed by atoms with E-state index in [2.05, 4.69) is 36.3 Å². The number of rotatable bonds is 6. The molecule has 2 aromatic heterocycles. The third-order valence-electron chi connectivity index (χ3n) is 4.99. The Hall–Kier alpha value is -2.42. The average Bonchev–Trinajstić information content (AvgIpc) is 3.39. The molecular weight excluding hydrogens is 436 g/mol. The van der Waals surface area contributed by atoms with Gasteiger partial charge in [-0.2, -0.15) is 5.10 Å². The van der Waals surface area contributed by atoms with Gasteiger partial charge < -0.3 is 14.5 Å². The number of ether oxygens (including phenoxy) is 1. The monoisotopic (exact) mass is 458 g/mol. The summed E-state index contributed by atoms with van der Waals surface area (Å²) in [7, 11) is 0. The number of aromatic amines is 1. The number of amides is 1. The molecule has 1 aliphatic rings. The average molecular weight is 459 g/mol. The molecule has 29 heavy (non-hydrogen) atoms. The molecule has 3 heterocycles. The molecular formula is C21H23BrN4O3. The van der Waals surface area contributed by atoms with Crippen LogP contribution in [0.3, 0.4) is 0 Å². The minimum atomic E-state index is -0.192. The Labute approximate surface area is 177 Å². The fourth-order valence-corrected chi connectivity index (χ4v) is 3.69. The normalized spacial score (nSPS) is 15.9. The molecule has 8 heteroatoms.